The van der Waals surface area contributed by atoms with E-state index in [1.807, 2.05) is 35.8 Å². The molecule has 2 aliphatic heterocycles. The Bertz CT molecular complexity index is 1080. The normalized spacial score (nSPS) is 22.8. The van der Waals surface area contributed by atoms with Crippen LogP contribution in [0.1, 0.15) is 39.0 Å². The van der Waals surface area contributed by atoms with E-state index >= 15 is 0 Å². The van der Waals surface area contributed by atoms with Crippen LogP contribution in [0.3, 0.4) is 0 Å². The summed E-state index contributed by atoms with van der Waals surface area (Å²) in [6.07, 6.45) is -3.88. The van der Waals surface area contributed by atoms with Crippen LogP contribution in [0.2, 0.25) is 0 Å². The summed E-state index contributed by atoms with van der Waals surface area (Å²) in [4.78, 5) is 18.7. The number of benzene rings is 1. The molecule has 0 radical (unpaired) electrons. The van der Waals surface area contributed by atoms with Gasteiger partial charge in [0.25, 0.3) is 5.91 Å². The molecule has 1 amide bonds. The molecule has 176 valence electrons. The van der Waals surface area contributed by atoms with Gasteiger partial charge < -0.3 is 14.5 Å². The summed E-state index contributed by atoms with van der Waals surface area (Å²) < 4.78 is 46.2. The standard InChI is InChI=1S/C24H26F3N3O2S/c1-3-32-15-23-8-9-29(19-6-5-17(11-28)20(10-19)24(25,26)27)12-18(23)13-30(14-23)22(31)21-7-4-16(2)33-21/h4-7,10,18H,3,8-9,12-15H2,1-2H3. The predicted molar refractivity (Wildman–Crippen MR) is 120 cm³/mol. The highest BCUT2D eigenvalue weighted by Gasteiger charge is 2.51. The number of alkyl halides is 3. The second kappa shape index (κ2) is 8.99. The minimum Gasteiger partial charge on any atom is -0.381 e. The average Bonchev–Trinajstić information content (AvgIpc) is 3.39. The molecule has 4 rings (SSSR count). The van der Waals surface area contributed by atoms with Gasteiger partial charge in [0.15, 0.2) is 0 Å². The number of thiophene rings is 1. The second-order valence-corrected chi connectivity index (χ2v) is 10.1. The molecule has 2 aliphatic rings. The number of likely N-dealkylation sites (tertiary alicyclic amines) is 1. The van der Waals surface area contributed by atoms with Crippen LogP contribution >= 0.6 is 11.3 Å². The molecule has 5 nitrogen and oxygen atoms in total. The zero-order valence-corrected chi connectivity index (χ0v) is 19.4. The largest absolute Gasteiger partial charge is 0.417 e. The maximum absolute atomic E-state index is 13.5. The Morgan fingerprint density at radius 3 is 2.73 bits per heavy atom. The monoisotopic (exact) mass is 477 g/mol. The van der Waals surface area contributed by atoms with Crippen molar-refractivity contribution < 1.29 is 22.7 Å². The van der Waals surface area contributed by atoms with Crippen molar-refractivity contribution in [2.45, 2.75) is 26.4 Å². The van der Waals surface area contributed by atoms with Gasteiger partial charge in [-0.25, -0.2) is 0 Å². The lowest BCUT2D eigenvalue weighted by atomic mass is 9.73. The van der Waals surface area contributed by atoms with Crippen molar-refractivity contribution in [3.8, 4) is 6.07 Å². The van der Waals surface area contributed by atoms with Gasteiger partial charge >= 0.3 is 6.18 Å². The van der Waals surface area contributed by atoms with Gasteiger partial charge in [-0.3, -0.25) is 4.79 Å². The smallest absolute Gasteiger partial charge is 0.381 e. The zero-order chi connectivity index (χ0) is 23.8. The molecular weight excluding hydrogens is 451 g/mol. The number of hydrogen-bond acceptors (Lipinski definition) is 5. The number of nitriles is 1. The van der Waals surface area contributed by atoms with Crippen LogP contribution in [-0.4, -0.2) is 50.2 Å². The van der Waals surface area contributed by atoms with Crippen molar-refractivity contribution in [3.05, 3.63) is 51.2 Å². The van der Waals surface area contributed by atoms with Gasteiger partial charge in [-0.15, -0.1) is 11.3 Å². The van der Waals surface area contributed by atoms with E-state index in [4.69, 9.17) is 10.00 Å². The van der Waals surface area contributed by atoms with E-state index in [0.717, 1.165) is 10.9 Å². The van der Waals surface area contributed by atoms with E-state index < -0.39 is 11.7 Å². The molecule has 9 heteroatoms. The number of nitrogens with zero attached hydrogens (tertiary/aromatic N) is 3. The number of carbonyl (C=O) groups is 1. The third-order valence-corrected chi connectivity index (χ3v) is 7.75. The average molecular weight is 478 g/mol. The Hall–Kier alpha value is -2.57. The lowest BCUT2D eigenvalue weighted by Gasteiger charge is -2.44. The van der Waals surface area contributed by atoms with Gasteiger partial charge in [0.05, 0.1) is 28.7 Å². The molecule has 33 heavy (non-hydrogen) atoms. The Morgan fingerprint density at radius 2 is 2.09 bits per heavy atom. The molecule has 2 saturated heterocycles. The van der Waals surface area contributed by atoms with Crippen LogP contribution < -0.4 is 4.90 Å². The molecule has 0 N–H and O–H groups in total. The number of piperidine rings is 1. The summed E-state index contributed by atoms with van der Waals surface area (Å²) in [5.41, 5.74) is -1.05. The van der Waals surface area contributed by atoms with E-state index in [1.165, 1.54) is 17.4 Å². The maximum Gasteiger partial charge on any atom is 0.417 e. The number of carbonyl (C=O) groups excluding carboxylic acids is 1. The Balaban J connectivity index is 1.58. The zero-order valence-electron chi connectivity index (χ0n) is 18.6. The summed E-state index contributed by atoms with van der Waals surface area (Å²) in [5.74, 6) is 0.0791. The summed E-state index contributed by atoms with van der Waals surface area (Å²) >= 11 is 1.47. The molecule has 0 aliphatic carbocycles. The van der Waals surface area contributed by atoms with E-state index in [1.54, 1.807) is 12.1 Å². The third kappa shape index (κ3) is 4.59. The van der Waals surface area contributed by atoms with Crippen molar-refractivity contribution >= 4 is 22.9 Å². The minimum absolute atomic E-state index is 0.00246. The Labute approximate surface area is 195 Å². The van der Waals surface area contributed by atoms with E-state index in [0.29, 0.717) is 56.4 Å². The summed E-state index contributed by atoms with van der Waals surface area (Å²) in [7, 11) is 0. The number of amides is 1. The molecule has 1 aromatic heterocycles. The molecule has 0 saturated carbocycles. The summed E-state index contributed by atoms with van der Waals surface area (Å²) in [5, 5.41) is 9.08. The summed E-state index contributed by atoms with van der Waals surface area (Å²) in [6, 6.07) is 9.31. The lowest BCUT2D eigenvalue weighted by Crippen LogP contribution is -2.49. The van der Waals surface area contributed by atoms with Crippen molar-refractivity contribution in [2.24, 2.45) is 11.3 Å². The molecule has 3 heterocycles. The lowest BCUT2D eigenvalue weighted by molar-refractivity contribution is -0.137. The first-order valence-corrected chi connectivity index (χ1v) is 11.8. The molecule has 2 unspecified atom stereocenters. The highest BCUT2D eigenvalue weighted by molar-refractivity contribution is 7.13. The van der Waals surface area contributed by atoms with Gasteiger partial charge in [0.2, 0.25) is 0 Å². The number of halogens is 3. The van der Waals surface area contributed by atoms with Crippen LogP contribution in [0.4, 0.5) is 18.9 Å². The molecule has 2 atom stereocenters. The van der Waals surface area contributed by atoms with Crippen molar-refractivity contribution in [1.82, 2.24) is 4.90 Å². The van der Waals surface area contributed by atoms with Crippen LogP contribution in [0, 0.1) is 29.6 Å². The number of rotatable bonds is 5. The molecular formula is C24H26F3N3O2S. The van der Waals surface area contributed by atoms with E-state index in [-0.39, 0.29) is 22.8 Å². The van der Waals surface area contributed by atoms with Gasteiger partial charge in [0, 0.05) is 54.7 Å². The Morgan fingerprint density at radius 1 is 1.30 bits per heavy atom. The first kappa shape index (κ1) is 23.6. The van der Waals surface area contributed by atoms with Crippen molar-refractivity contribution in [2.75, 3.05) is 44.3 Å². The molecule has 0 bridgehead atoms. The van der Waals surface area contributed by atoms with E-state index in [9.17, 15) is 18.0 Å². The van der Waals surface area contributed by atoms with Gasteiger partial charge in [-0.1, -0.05) is 0 Å². The third-order valence-electron chi connectivity index (χ3n) is 6.76. The number of fused-ring (bicyclic) bond motifs is 1. The van der Waals surface area contributed by atoms with Crippen LogP contribution in [0.25, 0.3) is 0 Å². The fourth-order valence-electron chi connectivity index (χ4n) is 4.98. The SMILES string of the molecule is CCOCC12CCN(c3ccc(C#N)c(C(F)(F)F)c3)CC1CN(C(=O)c1ccc(C)s1)C2. The van der Waals surface area contributed by atoms with Crippen LogP contribution in [0.5, 0.6) is 0 Å². The fraction of sp³-hybridized carbons (Fsp3) is 0.500. The maximum atomic E-state index is 13.5. The van der Waals surface area contributed by atoms with Crippen LogP contribution in [-0.2, 0) is 10.9 Å². The van der Waals surface area contributed by atoms with Gasteiger partial charge in [0.1, 0.15) is 0 Å². The highest BCUT2D eigenvalue weighted by atomic mass is 32.1. The first-order valence-electron chi connectivity index (χ1n) is 11.0. The number of ether oxygens (including phenoxy) is 1. The molecule has 2 fully saturated rings. The van der Waals surface area contributed by atoms with Crippen molar-refractivity contribution in [3.63, 3.8) is 0 Å². The first-order chi connectivity index (χ1) is 15.7. The topological polar surface area (TPSA) is 56.6 Å². The van der Waals surface area contributed by atoms with Gasteiger partial charge in [-0.2, -0.15) is 18.4 Å². The number of aryl methyl sites for hydroxylation is 1. The predicted octanol–water partition coefficient (Wildman–Crippen LogP) is 4.95. The molecule has 2 aromatic rings. The van der Waals surface area contributed by atoms with Gasteiger partial charge in [-0.05, 0) is 50.6 Å². The number of anilines is 1. The minimum atomic E-state index is -4.59. The second-order valence-electron chi connectivity index (χ2n) is 8.83. The van der Waals surface area contributed by atoms with E-state index in [2.05, 4.69) is 0 Å². The number of hydrogen-bond donors (Lipinski definition) is 0. The molecule has 0 spiro atoms. The van der Waals surface area contributed by atoms with Crippen LogP contribution in [0.15, 0.2) is 30.3 Å². The molecule has 1 aromatic carbocycles. The van der Waals surface area contributed by atoms with Crippen molar-refractivity contribution in [1.29, 1.82) is 5.26 Å². The quantitative estimate of drug-likeness (QED) is 0.611. The Kier molecular flexibility index (Phi) is 6.43. The fourth-order valence-corrected chi connectivity index (χ4v) is 5.81. The summed E-state index contributed by atoms with van der Waals surface area (Å²) in [6.45, 7) is 7.22. The highest BCUT2D eigenvalue weighted by Crippen LogP contribution is 2.45.